The number of piperazine rings is 1. The second-order valence-corrected chi connectivity index (χ2v) is 8.54. The van der Waals surface area contributed by atoms with Crippen LogP contribution in [-0.2, 0) is 23.2 Å². The summed E-state index contributed by atoms with van der Waals surface area (Å²) in [7, 11) is 1.68. The van der Waals surface area contributed by atoms with Crippen LogP contribution in [0, 0.1) is 17.8 Å². The fourth-order valence-electron chi connectivity index (χ4n) is 4.19. The molecule has 2 aromatic rings. The molecule has 4 heterocycles. The molecule has 2 aliphatic heterocycles. The zero-order valence-corrected chi connectivity index (χ0v) is 20.4. The van der Waals surface area contributed by atoms with Gasteiger partial charge < -0.3 is 25.3 Å². The van der Waals surface area contributed by atoms with Gasteiger partial charge in [0.2, 0.25) is 11.9 Å². The first-order chi connectivity index (χ1) is 17.5. The molecule has 4 rings (SSSR count). The smallest absolute Gasteiger partial charge is 0.481 e. The first kappa shape index (κ1) is 27.8. The molecule has 12 nitrogen and oxygen atoms in total. The number of hydrogen-bond acceptors (Lipinski definition) is 8. The lowest BCUT2D eigenvalue weighted by Crippen LogP contribution is -2.44. The average Bonchev–Trinajstić information content (AvgIpc) is 3.23. The van der Waals surface area contributed by atoms with Crippen molar-refractivity contribution in [1.29, 1.82) is 0 Å². The van der Waals surface area contributed by atoms with E-state index in [-0.39, 0.29) is 5.56 Å². The number of alkyl halides is 3. The molecule has 0 radical (unpaired) electrons. The molecule has 0 aliphatic carbocycles. The fraction of sp³-hybridized carbons (Fsp3) is 0.591. The summed E-state index contributed by atoms with van der Waals surface area (Å²) < 4.78 is 35.1. The number of fused-ring (bicyclic) bond motifs is 1. The third-order valence-electron chi connectivity index (χ3n) is 6.05. The number of aromatic nitrogens is 4. The molecular formula is C22H28F3N7O5. The number of halogens is 3. The van der Waals surface area contributed by atoms with Crippen molar-refractivity contribution in [2.45, 2.75) is 32.5 Å². The van der Waals surface area contributed by atoms with Crippen LogP contribution in [0.5, 0.6) is 0 Å². The Bertz CT molecular complexity index is 1270. The monoisotopic (exact) mass is 527 g/mol. The van der Waals surface area contributed by atoms with Crippen LogP contribution in [0.4, 0.5) is 25.1 Å². The predicted octanol–water partition coefficient (Wildman–Crippen LogP) is 0.497. The van der Waals surface area contributed by atoms with Gasteiger partial charge >= 0.3 is 18.1 Å². The molecule has 15 heteroatoms. The maximum atomic E-state index is 13.3. The molecule has 202 valence electrons. The number of imidazole rings is 1. The molecule has 0 aromatic carbocycles. The lowest BCUT2D eigenvalue weighted by Gasteiger charge is -2.32. The van der Waals surface area contributed by atoms with Gasteiger partial charge in [-0.2, -0.15) is 23.1 Å². The van der Waals surface area contributed by atoms with Crippen molar-refractivity contribution in [3.05, 3.63) is 10.4 Å². The molecular weight excluding hydrogens is 499 g/mol. The average molecular weight is 528 g/mol. The summed E-state index contributed by atoms with van der Waals surface area (Å²) in [5.74, 6) is 3.08. The maximum Gasteiger partial charge on any atom is 0.490 e. The first-order valence-electron chi connectivity index (χ1n) is 11.6. The normalized spacial score (nSPS) is 18.0. The summed E-state index contributed by atoms with van der Waals surface area (Å²) >= 11 is 0. The highest BCUT2D eigenvalue weighted by atomic mass is 19.4. The summed E-state index contributed by atoms with van der Waals surface area (Å²) in [6.45, 7) is 6.44. The Kier molecular flexibility index (Phi) is 8.64. The van der Waals surface area contributed by atoms with Gasteiger partial charge in [0.15, 0.2) is 11.2 Å². The highest BCUT2D eigenvalue weighted by molar-refractivity contribution is 5.76. The molecule has 0 amide bonds. The third kappa shape index (κ3) is 6.31. The molecule has 2 aliphatic rings. The number of anilines is 2. The van der Waals surface area contributed by atoms with E-state index >= 15 is 0 Å². The van der Waals surface area contributed by atoms with Crippen molar-refractivity contribution in [3.63, 3.8) is 0 Å². The van der Waals surface area contributed by atoms with Crippen molar-refractivity contribution in [3.8, 4) is 11.8 Å². The van der Waals surface area contributed by atoms with Gasteiger partial charge in [-0.1, -0.05) is 5.92 Å². The summed E-state index contributed by atoms with van der Waals surface area (Å²) in [5, 5.41) is 19.9. The molecule has 3 N–H and O–H groups in total. The molecule has 0 unspecified atom stereocenters. The molecule has 0 bridgehead atoms. The summed E-state index contributed by atoms with van der Waals surface area (Å²) in [4.78, 5) is 47.2. The lowest BCUT2D eigenvalue weighted by molar-refractivity contribution is -0.192. The predicted molar refractivity (Wildman–Crippen MR) is 128 cm³/mol. The van der Waals surface area contributed by atoms with Gasteiger partial charge in [-0.05, 0) is 19.8 Å². The Morgan fingerprint density at radius 1 is 1.11 bits per heavy atom. The minimum Gasteiger partial charge on any atom is -0.481 e. The zero-order chi connectivity index (χ0) is 27.3. The minimum absolute atomic E-state index is 0.195. The van der Waals surface area contributed by atoms with E-state index in [0.717, 1.165) is 32.6 Å². The molecule has 2 aromatic heterocycles. The standard InChI is InChI=1S/C20H27N7O3.C2HF3O2/c1-3-4-10-27-15-16(23-20(27)25-11-7-21-8-12-25)22-19(24(2)17(15)28)26-9-5-6-14(13-26)18(29)30;3-2(4,5)1(6)7/h14,21H,5-13H2,1-2H3,(H,29,30);(H,6,7)/t14-;/m1./s1. The summed E-state index contributed by atoms with van der Waals surface area (Å²) in [6, 6.07) is 0. The molecule has 2 saturated heterocycles. The Morgan fingerprint density at radius 2 is 1.73 bits per heavy atom. The largest absolute Gasteiger partial charge is 0.490 e. The van der Waals surface area contributed by atoms with E-state index in [4.69, 9.17) is 19.9 Å². The molecule has 37 heavy (non-hydrogen) atoms. The van der Waals surface area contributed by atoms with Crippen LogP contribution in [0.25, 0.3) is 11.2 Å². The van der Waals surface area contributed by atoms with Gasteiger partial charge in [0.1, 0.15) is 0 Å². The number of carboxylic acid groups (broad SMARTS) is 2. The lowest BCUT2D eigenvalue weighted by atomic mass is 9.99. The van der Waals surface area contributed by atoms with E-state index in [1.807, 2.05) is 9.47 Å². The first-order valence-corrected chi connectivity index (χ1v) is 11.6. The van der Waals surface area contributed by atoms with Gasteiger partial charge in [-0.25, -0.2) is 4.79 Å². The summed E-state index contributed by atoms with van der Waals surface area (Å²) in [5.41, 5.74) is 0.626. The number of aliphatic carboxylic acids is 2. The van der Waals surface area contributed by atoms with Gasteiger partial charge in [-0.15, -0.1) is 5.92 Å². The van der Waals surface area contributed by atoms with E-state index in [1.54, 1.807) is 14.0 Å². The van der Waals surface area contributed by atoms with Crippen LogP contribution in [0.2, 0.25) is 0 Å². The van der Waals surface area contributed by atoms with Crippen LogP contribution in [0.1, 0.15) is 19.8 Å². The van der Waals surface area contributed by atoms with Crippen LogP contribution >= 0.6 is 0 Å². The van der Waals surface area contributed by atoms with E-state index in [1.165, 1.54) is 4.57 Å². The molecule has 0 saturated carbocycles. The summed E-state index contributed by atoms with van der Waals surface area (Å²) in [6.07, 6.45) is -3.70. The number of rotatable bonds is 4. The van der Waals surface area contributed by atoms with Crippen molar-refractivity contribution in [2.24, 2.45) is 13.0 Å². The zero-order valence-electron chi connectivity index (χ0n) is 20.4. The number of piperidine rings is 1. The molecule has 1 atom stereocenters. The van der Waals surface area contributed by atoms with Gasteiger partial charge in [0, 0.05) is 46.3 Å². The van der Waals surface area contributed by atoms with E-state index in [9.17, 15) is 27.9 Å². The van der Waals surface area contributed by atoms with Crippen LogP contribution in [-0.4, -0.2) is 86.7 Å². The van der Waals surface area contributed by atoms with Crippen molar-refractivity contribution < 1.29 is 33.0 Å². The van der Waals surface area contributed by atoms with Crippen LogP contribution < -0.4 is 20.7 Å². The highest BCUT2D eigenvalue weighted by Crippen LogP contribution is 2.25. The number of hydrogen-bond donors (Lipinski definition) is 3. The topological polar surface area (TPSA) is 146 Å². The Hall–Kier alpha value is -3.80. The number of nitrogens with one attached hydrogen (secondary N) is 1. The second kappa shape index (κ2) is 11.5. The van der Waals surface area contributed by atoms with Gasteiger partial charge in [-0.3, -0.25) is 18.7 Å². The fourth-order valence-corrected chi connectivity index (χ4v) is 4.19. The van der Waals surface area contributed by atoms with Gasteiger partial charge in [0.25, 0.3) is 5.56 Å². The quantitative estimate of drug-likeness (QED) is 0.481. The van der Waals surface area contributed by atoms with E-state index in [0.29, 0.717) is 49.1 Å². The Labute approximate surface area is 209 Å². The number of carboxylic acids is 2. The van der Waals surface area contributed by atoms with Crippen molar-refractivity contribution in [2.75, 3.05) is 49.1 Å². The number of carbonyl (C=O) groups is 2. The minimum atomic E-state index is -5.08. The maximum absolute atomic E-state index is 13.3. The van der Waals surface area contributed by atoms with Gasteiger partial charge in [0.05, 0.1) is 12.5 Å². The third-order valence-corrected chi connectivity index (χ3v) is 6.05. The SMILES string of the molecule is CC#CCn1c(N2CCNCC2)nc2nc(N3CCC[C@@H](C(=O)O)C3)n(C)c(=O)c21.O=C(O)C(F)(F)F. The van der Waals surface area contributed by atoms with Crippen LogP contribution in [0.15, 0.2) is 4.79 Å². The van der Waals surface area contributed by atoms with Crippen molar-refractivity contribution in [1.82, 2.24) is 24.4 Å². The van der Waals surface area contributed by atoms with E-state index in [2.05, 4.69) is 22.1 Å². The van der Waals surface area contributed by atoms with E-state index < -0.39 is 24.0 Å². The number of nitrogens with zero attached hydrogens (tertiary/aromatic N) is 6. The highest BCUT2D eigenvalue weighted by Gasteiger charge is 2.38. The molecule has 0 spiro atoms. The Balaban J connectivity index is 0.000000479. The molecule has 2 fully saturated rings. The van der Waals surface area contributed by atoms with Crippen molar-refractivity contribution >= 4 is 35.0 Å². The Morgan fingerprint density at radius 3 is 2.30 bits per heavy atom. The second-order valence-electron chi connectivity index (χ2n) is 8.54. The van der Waals surface area contributed by atoms with Crippen LogP contribution in [0.3, 0.4) is 0 Å².